The van der Waals surface area contributed by atoms with Crippen LogP contribution in [0.4, 0.5) is 4.79 Å². The number of nitrogens with one attached hydrogen (secondary N) is 2. The molecule has 0 radical (unpaired) electrons. The maximum Gasteiger partial charge on any atom is 0.408 e. The van der Waals surface area contributed by atoms with Gasteiger partial charge >= 0.3 is 6.09 Å². The molecule has 0 bridgehead atoms. The molecule has 4 aromatic rings. The van der Waals surface area contributed by atoms with Gasteiger partial charge in [-0.05, 0) is 56.9 Å². The Morgan fingerprint density at radius 2 is 1.37 bits per heavy atom. The number of alkyl carbamates (subject to hydrolysis) is 1. The molecule has 2 aromatic carbocycles. The van der Waals surface area contributed by atoms with Crippen molar-refractivity contribution in [1.82, 2.24) is 20.6 Å². The van der Waals surface area contributed by atoms with Crippen molar-refractivity contribution in [2.75, 3.05) is 0 Å². The molecule has 0 aliphatic carbocycles. The van der Waals surface area contributed by atoms with Gasteiger partial charge in [-0.15, -0.1) is 0 Å². The highest BCUT2D eigenvalue weighted by atomic mass is 16.6. The van der Waals surface area contributed by atoms with Gasteiger partial charge in [0.1, 0.15) is 17.2 Å². The molecule has 2 atom stereocenters. The van der Waals surface area contributed by atoms with Crippen molar-refractivity contribution in [2.24, 2.45) is 0 Å². The smallest absolute Gasteiger partial charge is 0.408 e. The van der Waals surface area contributed by atoms with Crippen molar-refractivity contribution < 1.29 is 19.4 Å². The standard InChI is InChI=1S/C33H36N4O4/c1-32(2,3)41-31(39)36-28(19-18-24-12-6-4-7-13-24)30(38)37-29(25-14-8-5-9-15-25)33(40,26-16-10-20-34-22-26)27-17-11-21-35-23-27/h4-17,20-23,28-29,40H,18-19H2,1-3H3,(H,36,39)(H,37,38)/t28-,29?/m0/s1. The minimum absolute atomic E-state index is 0.314. The van der Waals surface area contributed by atoms with E-state index in [1.165, 1.54) is 0 Å². The number of aliphatic hydroxyl groups is 1. The second-order valence-corrected chi connectivity index (χ2v) is 10.8. The lowest BCUT2D eigenvalue weighted by Crippen LogP contribution is -2.53. The molecule has 0 aliphatic heterocycles. The minimum atomic E-state index is -1.74. The highest BCUT2D eigenvalue weighted by Crippen LogP contribution is 2.40. The van der Waals surface area contributed by atoms with Gasteiger partial charge in [-0.25, -0.2) is 4.79 Å². The number of pyridine rings is 2. The van der Waals surface area contributed by atoms with Gasteiger partial charge in [-0.3, -0.25) is 14.8 Å². The molecule has 41 heavy (non-hydrogen) atoms. The molecule has 0 spiro atoms. The van der Waals surface area contributed by atoms with Gasteiger partial charge in [0, 0.05) is 35.9 Å². The summed E-state index contributed by atoms with van der Waals surface area (Å²) >= 11 is 0. The Kier molecular flexibility index (Phi) is 9.47. The van der Waals surface area contributed by atoms with E-state index in [4.69, 9.17) is 4.74 Å². The SMILES string of the molecule is CC(C)(C)OC(=O)N[C@@H](CCc1ccccc1)C(=O)NC(c1ccccc1)C(O)(c1cccnc1)c1cccnc1. The second-order valence-electron chi connectivity index (χ2n) is 10.8. The van der Waals surface area contributed by atoms with Crippen LogP contribution in [0.1, 0.15) is 55.5 Å². The Bertz CT molecular complexity index is 1360. The number of aryl methyl sites for hydroxylation is 1. The van der Waals surface area contributed by atoms with Crippen LogP contribution in [0.2, 0.25) is 0 Å². The van der Waals surface area contributed by atoms with Crippen LogP contribution in [0.5, 0.6) is 0 Å². The quantitative estimate of drug-likeness (QED) is 0.252. The van der Waals surface area contributed by atoms with E-state index >= 15 is 0 Å². The van der Waals surface area contributed by atoms with E-state index in [2.05, 4.69) is 20.6 Å². The third-order valence-electron chi connectivity index (χ3n) is 6.61. The van der Waals surface area contributed by atoms with E-state index in [0.717, 1.165) is 5.56 Å². The molecular weight excluding hydrogens is 516 g/mol. The Labute approximate surface area is 240 Å². The van der Waals surface area contributed by atoms with Crippen molar-refractivity contribution in [2.45, 2.75) is 56.9 Å². The van der Waals surface area contributed by atoms with Crippen molar-refractivity contribution in [3.63, 3.8) is 0 Å². The van der Waals surface area contributed by atoms with Crippen LogP contribution in [-0.4, -0.2) is 38.7 Å². The van der Waals surface area contributed by atoms with E-state index < -0.39 is 35.3 Å². The summed E-state index contributed by atoms with van der Waals surface area (Å²) in [7, 11) is 0. The fourth-order valence-electron chi connectivity index (χ4n) is 4.67. The summed E-state index contributed by atoms with van der Waals surface area (Å²) in [6.07, 6.45) is 6.54. The normalized spacial score (nSPS) is 13.1. The van der Waals surface area contributed by atoms with Crippen LogP contribution in [0.3, 0.4) is 0 Å². The molecular formula is C33H36N4O4. The average molecular weight is 553 g/mol. The maximum atomic E-state index is 14.0. The van der Waals surface area contributed by atoms with Crippen molar-refractivity contribution in [1.29, 1.82) is 0 Å². The zero-order chi connectivity index (χ0) is 29.3. The van der Waals surface area contributed by atoms with Crippen molar-refractivity contribution in [3.05, 3.63) is 132 Å². The molecule has 212 valence electrons. The summed E-state index contributed by atoms with van der Waals surface area (Å²) in [6, 6.07) is 24.0. The number of carbonyl (C=O) groups is 2. The Morgan fingerprint density at radius 3 is 1.88 bits per heavy atom. The predicted octanol–water partition coefficient (Wildman–Crippen LogP) is 5.10. The number of benzene rings is 2. The van der Waals surface area contributed by atoms with Crippen LogP contribution in [-0.2, 0) is 21.6 Å². The maximum absolute atomic E-state index is 14.0. The van der Waals surface area contributed by atoms with Crippen LogP contribution < -0.4 is 10.6 Å². The topological polar surface area (TPSA) is 113 Å². The van der Waals surface area contributed by atoms with Gasteiger partial charge in [-0.1, -0.05) is 72.8 Å². The zero-order valence-corrected chi connectivity index (χ0v) is 23.5. The summed E-state index contributed by atoms with van der Waals surface area (Å²) in [4.78, 5) is 35.3. The van der Waals surface area contributed by atoms with Crippen LogP contribution in [0, 0.1) is 0 Å². The van der Waals surface area contributed by atoms with Crippen LogP contribution >= 0.6 is 0 Å². The Hall–Kier alpha value is -4.56. The van der Waals surface area contributed by atoms with E-state index in [9.17, 15) is 14.7 Å². The highest BCUT2D eigenvalue weighted by Gasteiger charge is 2.43. The third kappa shape index (κ3) is 7.77. The number of ether oxygens (including phenoxy) is 1. The Morgan fingerprint density at radius 1 is 0.805 bits per heavy atom. The molecule has 1 unspecified atom stereocenters. The number of carbonyl (C=O) groups excluding carboxylic acids is 2. The minimum Gasteiger partial charge on any atom is -0.444 e. The van der Waals surface area contributed by atoms with E-state index in [-0.39, 0.29) is 0 Å². The van der Waals surface area contributed by atoms with Gasteiger partial charge in [-0.2, -0.15) is 0 Å². The highest BCUT2D eigenvalue weighted by molar-refractivity contribution is 5.86. The van der Waals surface area contributed by atoms with Gasteiger partial charge in [0.2, 0.25) is 5.91 Å². The van der Waals surface area contributed by atoms with E-state index in [1.54, 1.807) is 69.8 Å². The number of rotatable bonds is 10. The average Bonchev–Trinajstić information content (AvgIpc) is 2.98. The number of hydrogen-bond acceptors (Lipinski definition) is 6. The largest absolute Gasteiger partial charge is 0.444 e. The summed E-state index contributed by atoms with van der Waals surface area (Å²) in [5.74, 6) is -0.466. The lowest BCUT2D eigenvalue weighted by molar-refractivity contribution is -0.126. The molecule has 2 heterocycles. The molecule has 3 N–H and O–H groups in total. The molecule has 4 rings (SSSR count). The van der Waals surface area contributed by atoms with E-state index in [1.807, 2.05) is 60.7 Å². The van der Waals surface area contributed by atoms with Crippen molar-refractivity contribution >= 4 is 12.0 Å². The molecule has 0 saturated heterocycles. The summed E-state index contributed by atoms with van der Waals surface area (Å²) in [5.41, 5.74) is 0.160. The molecule has 0 aliphatic rings. The molecule has 0 saturated carbocycles. The molecule has 8 nitrogen and oxygen atoms in total. The van der Waals surface area contributed by atoms with Gasteiger partial charge in [0.15, 0.2) is 0 Å². The number of hydrogen-bond donors (Lipinski definition) is 3. The first kappa shape index (κ1) is 29.4. The molecule has 0 fully saturated rings. The number of aromatic nitrogens is 2. The third-order valence-corrected chi connectivity index (χ3v) is 6.61. The van der Waals surface area contributed by atoms with Crippen molar-refractivity contribution in [3.8, 4) is 0 Å². The molecule has 2 aromatic heterocycles. The monoisotopic (exact) mass is 552 g/mol. The predicted molar refractivity (Wildman–Crippen MR) is 157 cm³/mol. The fraction of sp³-hybridized carbons (Fsp3) is 0.273. The summed E-state index contributed by atoms with van der Waals surface area (Å²) in [6.45, 7) is 5.29. The zero-order valence-electron chi connectivity index (χ0n) is 23.5. The first-order valence-corrected chi connectivity index (χ1v) is 13.6. The summed E-state index contributed by atoms with van der Waals surface area (Å²) < 4.78 is 5.47. The number of nitrogens with zero attached hydrogens (tertiary/aromatic N) is 2. The van der Waals surface area contributed by atoms with Gasteiger partial charge in [0.05, 0.1) is 6.04 Å². The lowest BCUT2D eigenvalue weighted by atomic mass is 9.78. The number of amides is 2. The van der Waals surface area contributed by atoms with Gasteiger partial charge in [0.25, 0.3) is 0 Å². The molecule has 8 heteroatoms. The molecule has 2 amide bonds. The van der Waals surface area contributed by atoms with E-state index in [0.29, 0.717) is 29.5 Å². The fourth-order valence-corrected chi connectivity index (χ4v) is 4.67. The lowest BCUT2D eigenvalue weighted by Gasteiger charge is -2.38. The van der Waals surface area contributed by atoms with Crippen LogP contribution in [0.15, 0.2) is 110 Å². The second kappa shape index (κ2) is 13.2. The first-order chi connectivity index (χ1) is 19.7. The Balaban J connectivity index is 1.72. The van der Waals surface area contributed by atoms with Crippen LogP contribution in [0.25, 0.3) is 0 Å². The first-order valence-electron chi connectivity index (χ1n) is 13.6. The summed E-state index contributed by atoms with van der Waals surface area (Å²) in [5, 5.41) is 18.3. The van der Waals surface area contributed by atoms with Gasteiger partial charge < -0.3 is 20.5 Å².